The van der Waals surface area contributed by atoms with Gasteiger partial charge >= 0.3 is 0 Å². The van der Waals surface area contributed by atoms with Crippen molar-refractivity contribution in [3.05, 3.63) is 96.3 Å². The molecule has 0 radical (unpaired) electrons. The highest BCUT2D eigenvalue weighted by atomic mass is 16.7. The number of hydrogen-bond donors (Lipinski definition) is 1. The molecule has 0 saturated carbocycles. The van der Waals surface area contributed by atoms with Crippen molar-refractivity contribution in [2.24, 2.45) is 0 Å². The summed E-state index contributed by atoms with van der Waals surface area (Å²) in [5, 5.41) is 10.7. The van der Waals surface area contributed by atoms with Crippen LogP contribution < -0.4 is 4.48 Å². The first-order valence-electron chi connectivity index (χ1n) is 10.6. The normalized spacial score (nSPS) is 28.9. The number of para-hydroxylation sites is 1. The minimum Gasteiger partial charge on any atom is -0.345 e. The third-order valence-electron chi connectivity index (χ3n) is 6.78. The van der Waals surface area contributed by atoms with Crippen molar-refractivity contribution in [3.8, 4) is 0 Å². The van der Waals surface area contributed by atoms with Crippen LogP contribution in [-0.4, -0.2) is 48.2 Å². The van der Waals surface area contributed by atoms with E-state index >= 15 is 0 Å². The fourth-order valence-electron chi connectivity index (χ4n) is 5.06. The fraction of sp³-hybridized carbons (Fsp3) is 0.320. The van der Waals surface area contributed by atoms with E-state index in [0.29, 0.717) is 0 Å². The van der Waals surface area contributed by atoms with E-state index in [9.17, 15) is 5.11 Å². The predicted octanol–water partition coefficient (Wildman–Crippen LogP) is 4.23. The number of quaternary nitrogens is 2. The molecule has 0 bridgehead atoms. The van der Waals surface area contributed by atoms with Crippen LogP contribution in [-0.2, 0) is 4.84 Å². The van der Waals surface area contributed by atoms with Crippen LogP contribution in [0.5, 0.6) is 0 Å². The minimum absolute atomic E-state index is 0.0397. The van der Waals surface area contributed by atoms with Gasteiger partial charge in [-0.1, -0.05) is 54.6 Å². The molecule has 1 N–H and O–H groups in total. The molecule has 0 aliphatic carbocycles. The molecule has 1 saturated heterocycles. The zero-order valence-corrected chi connectivity index (χ0v) is 17.8. The first kappa shape index (κ1) is 20.7. The van der Waals surface area contributed by atoms with Gasteiger partial charge in [-0.25, -0.2) is 4.84 Å². The average Bonchev–Trinajstić information content (AvgIpc) is 2.85. The predicted molar refractivity (Wildman–Crippen MR) is 119 cm³/mol. The summed E-state index contributed by atoms with van der Waals surface area (Å²) in [6.07, 6.45) is 1.83. The molecular formula is C25H31N3O2+2. The molecule has 1 aliphatic heterocycles. The lowest BCUT2D eigenvalue weighted by molar-refractivity contribution is -1.16. The molecule has 4 rings (SSSR count). The van der Waals surface area contributed by atoms with Gasteiger partial charge in [0, 0.05) is 11.8 Å². The van der Waals surface area contributed by atoms with Gasteiger partial charge in [0.2, 0.25) is 12.8 Å². The Hall–Kier alpha value is -2.57. The zero-order valence-electron chi connectivity index (χ0n) is 17.8. The average molecular weight is 406 g/mol. The van der Waals surface area contributed by atoms with Gasteiger partial charge in [-0.05, 0) is 31.2 Å². The molecule has 2 aromatic carbocycles. The van der Waals surface area contributed by atoms with Crippen LogP contribution in [0.1, 0.15) is 30.3 Å². The third-order valence-corrected chi connectivity index (χ3v) is 6.78. The van der Waals surface area contributed by atoms with E-state index in [1.807, 2.05) is 24.4 Å². The van der Waals surface area contributed by atoms with Gasteiger partial charge in [0.1, 0.15) is 24.5 Å². The molecule has 1 fully saturated rings. The number of rotatable bonds is 6. The van der Waals surface area contributed by atoms with E-state index in [0.717, 1.165) is 29.8 Å². The van der Waals surface area contributed by atoms with Crippen molar-refractivity contribution < 1.29 is 14.6 Å². The summed E-state index contributed by atoms with van der Waals surface area (Å²) in [5.41, 5.74) is 3.40. The highest BCUT2D eigenvalue weighted by molar-refractivity contribution is 5.44. The number of aromatic nitrogens is 1. The highest BCUT2D eigenvalue weighted by Gasteiger charge is 2.59. The van der Waals surface area contributed by atoms with Crippen LogP contribution in [0, 0.1) is 0 Å². The van der Waals surface area contributed by atoms with E-state index in [4.69, 9.17) is 9.82 Å². The number of likely N-dealkylation sites (N-methyl/N-ethyl adjacent to an activating group) is 1. The minimum atomic E-state index is -0.115. The van der Waals surface area contributed by atoms with Gasteiger partial charge in [-0.2, -0.15) is 0 Å². The maximum Gasteiger partial charge on any atom is 0.213 e. The number of pyridine rings is 1. The van der Waals surface area contributed by atoms with Crippen LogP contribution in [0.3, 0.4) is 0 Å². The largest absolute Gasteiger partial charge is 0.345 e. The summed E-state index contributed by atoms with van der Waals surface area (Å²) in [7, 11) is 1.70. The quantitative estimate of drug-likeness (QED) is 0.624. The van der Waals surface area contributed by atoms with Gasteiger partial charge in [-0.15, -0.1) is 4.65 Å². The Balaban J connectivity index is 1.92. The molecule has 3 aromatic rings. The van der Waals surface area contributed by atoms with Crippen molar-refractivity contribution in [1.29, 1.82) is 0 Å². The maximum absolute atomic E-state index is 10.7. The number of aliphatic hydroxyl groups is 1. The van der Waals surface area contributed by atoms with Crippen molar-refractivity contribution >= 4 is 5.69 Å². The second-order valence-corrected chi connectivity index (χ2v) is 8.04. The summed E-state index contributed by atoms with van der Waals surface area (Å²) in [6, 6.07) is 27.0. The first-order valence-corrected chi connectivity index (χ1v) is 10.6. The second-order valence-electron chi connectivity index (χ2n) is 8.04. The first-order chi connectivity index (χ1) is 14.7. The van der Waals surface area contributed by atoms with E-state index < -0.39 is 0 Å². The Kier molecular flexibility index (Phi) is 5.97. The molecule has 2 heterocycles. The lowest BCUT2D eigenvalue weighted by atomic mass is 9.93. The van der Waals surface area contributed by atoms with Crippen LogP contribution in [0.2, 0.25) is 0 Å². The standard InChI is InChI=1S/C25H31N3O2/c1-3-27(22-14-8-5-9-15-22)18-24(21-12-6-4-7-13-21)28(20-29,30-2)25(19-27)23-16-10-11-17-26-23/h4-17,24-25,29H,3,18-20H2,1-2H3/q+2. The van der Waals surface area contributed by atoms with Crippen LogP contribution in [0.25, 0.3) is 0 Å². The Morgan fingerprint density at radius 3 is 2.10 bits per heavy atom. The van der Waals surface area contributed by atoms with E-state index in [2.05, 4.69) is 67.6 Å². The number of piperazine rings is 1. The lowest BCUT2D eigenvalue weighted by Crippen LogP contribution is -2.69. The monoisotopic (exact) mass is 405 g/mol. The van der Waals surface area contributed by atoms with Gasteiger partial charge < -0.3 is 5.11 Å². The molecule has 5 nitrogen and oxygen atoms in total. The lowest BCUT2D eigenvalue weighted by Gasteiger charge is -2.53. The Bertz CT molecular complexity index is 879. The molecule has 1 aromatic heterocycles. The van der Waals surface area contributed by atoms with Crippen molar-refractivity contribution in [1.82, 2.24) is 9.47 Å². The van der Waals surface area contributed by atoms with Gasteiger partial charge in [0.05, 0.1) is 13.7 Å². The molecule has 0 spiro atoms. The van der Waals surface area contributed by atoms with Gasteiger partial charge in [0.25, 0.3) is 0 Å². The van der Waals surface area contributed by atoms with E-state index in [1.54, 1.807) is 7.11 Å². The van der Waals surface area contributed by atoms with Crippen molar-refractivity contribution in [2.75, 3.05) is 33.5 Å². The number of nitrogens with zero attached hydrogens (tertiary/aromatic N) is 3. The molecule has 4 atom stereocenters. The molecule has 156 valence electrons. The fourth-order valence-corrected chi connectivity index (χ4v) is 5.06. The summed E-state index contributed by atoms with van der Waals surface area (Å²) in [4.78, 5) is 10.9. The molecule has 4 unspecified atom stereocenters. The molecule has 1 aliphatic rings. The molecular weight excluding hydrogens is 374 g/mol. The third kappa shape index (κ3) is 3.44. The Morgan fingerprint density at radius 2 is 1.53 bits per heavy atom. The SMILES string of the molecule is CC[N+]1(c2ccccc2)CC(c2ccccc2)[N+](CO)(OC)C(c2ccccn2)C1. The van der Waals surface area contributed by atoms with Crippen LogP contribution in [0.15, 0.2) is 85.1 Å². The highest BCUT2D eigenvalue weighted by Crippen LogP contribution is 2.47. The van der Waals surface area contributed by atoms with E-state index in [-0.39, 0.29) is 23.5 Å². The van der Waals surface area contributed by atoms with Crippen molar-refractivity contribution in [2.45, 2.75) is 19.0 Å². The second kappa shape index (κ2) is 8.66. The molecule has 5 heteroatoms. The number of aliphatic hydroxyl groups excluding tert-OH is 1. The summed E-state index contributed by atoms with van der Waals surface area (Å²) >= 11 is 0. The summed E-state index contributed by atoms with van der Waals surface area (Å²) < 4.78 is 0.929. The smallest absolute Gasteiger partial charge is 0.213 e. The molecule has 0 amide bonds. The topological polar surface area (TPSA) is 42.4 Å². The van der Waals surface area contributed by atoms with Crippen LogP contribution >= 0.6 is 0 Å². The summed E-state index contributed by atoms with van der Waals surface area (Å²) in [5.74, 6) is 0. The maximum atomic E-state index is 10.7. The van der Waals surface area contributed by atoms with E-state index in [1.165, 1.54) is 11.3 Å². The van der Waals surface area contributed by atoms with Gasteiger partial charge in [0.15, 0.2) is 6.04 Å². The van der Waals surface area contributed by atoms with Crippen molar-refractivity contribution in [3.63, 3.8) is 0 Å². The molecule has 30 heavy (non-hydrogen) atoms. The Labute approximate surface area is 178 Å². The van der Waals surface area contributed by atoms with Crippen LogP contribution in [0.4, 0.5) is 5.69 Å². The van der Waals surface area contributed by atoms with Gasteiger partial charge in [-0.3, -0.25) is 9.47 Å². The Morgan fingerprint density at radius 1 is 0.900 bits per heavy atom. The number of hydroxylamine groups is 3. The summed E-state index contributed by atoms with van der Waals surface area (Å²) in [6.45, 7) is 4.72. The zero-order chi connectivity index (χ0) is 21.0. The number of benzene rings is 2. The number of hydrogen-bond acceptors (Lipinski definition) is 3.